The molecule has 0 rings (SSSR count). The van der Waals surface area contributed by atoms with Crippen LogP contribution in [0.4, 0.5) is 0 Å². The maximum absolute atomic E-state index is 8.26. The standard InChI is InChI=1S/C10H15N/c1-3-7-10(4-2)8-5-6-9-11/h4-5,8H,3,6-7H2,1-2H3/b8-5-,10-4-. The molecule has 0 aliphatic heterocycles. The van der Waals surface area contributed by atoms with Crippen molar-refractivity contribution in [3.8, 4) is 6.07 Å². The van der Waals surface area contributed by atoms with Crippen LogP contribution in [0.5, 0.6) is 0 Å². The zero-order valence-electron chi connectivity index (χ0n) is 7.30. The lowest BCUT2D eigenvalue weighted by atomic mass is 10.1. The number of nitrogens with zero attached hydrogens (tertiary/aromatic N) is 1. The van der Waals surface area contributed by atoms with E-state index in [0.717, 1.165) is 12.8 Å². The molecule has 0 fully saturated rings. The Labute approximate surface area is 69.0 Å². The molecule has 0 aromatic rings. The largest absolute Gasteiger partial charge is 0.198 e. The van der Waals surface area contributed by atoms with Gasteiger partial charge in [0.1, 0.15) is 0 Å². The van der Waals surface area contributed by atoms with Gasteiger partial charge in [0.05, 0.1) is 12.5 Å². The van der Waals surface area contributed by atoms with Crippen molar-refractivity contribution in [2.24, 2.45) is 0 Å². The lowest BCUT2D eigenvalue weighted by molar-refractivity contribution is 0.923. The van der Waals surface area contributed by atoms with Crippen LogP contribution in [-0.4, -0.2) is 0 Å². The van der Waals surface area contributed by atoms with Crippen molar-refractivity contribution in [1.82, 2.24) is 0 Å². The molecule has 11 heavy (non-hydrogen) atoms. The van der Waals surface area contributed by atoms with Crippen molar-refractivity contribution in [2.75, 3.05) is 0 Å². The SMILES string of the molecule is C/C=C(\C=C/CC#N)CCC. The highest BCUT2D eigenvalue weighted by Crippen LogP contribution is 2.05. The summed E-state index contributed by atoms with van der Waals surface area (Å²) < 4.78 is 0. The summed E-state index contributed by atoms with van der Waals surface area (Å²) in [6, 6.07) is 2.08. The van der Waals surface area contributed by atoms with E-state index in [2.05, 4.69) is 19.1 Å². The summed E-state index contributed by atoms with van der Waals surface area (Å²) in [7, 11) is 0. The second-order valence-electron chi connectivity index (χ2n) is 2.38. The summed E-state index contributed by atoms with van der Waals surface area (Å²) >= 11 is 0. The number of nitriles is 1. The van der Waals surface area contributed by atoms with Gasteiger partial charge in [0.15, 0.2) is 0 Å². The molecule has 0 unspecified atom stereocenters. The Morgan fingerprint density at radius 2 is 2.27 bits per heavy atom. The lowest BCUT2D eigenvalue weighted by Gasteiger charge is -1.95. The maximum Gasteiger partial charge on any atom is 0.0663 e. The summed E-state index contributed by atoms with van der Waals surface area (Å²) in [5.41, 5.74) is 1.32. The van der Waals surface area contributed by atoms with E-state index in [0.29, 0.717) is 6.42 Å². The highest BCUT2D eigenvalue weighted by atomic mass is 14.2. The molecule has 0 bridgehead atoms. The van der Waals surface area contributed by atoms with Crippen LogP contribution in [0.15, 0.2) is 23.8 Å². The van der Waals surface area contributed by atoms with Crippen LogP contribution in [-0.2, 0) is 0 Å². The van der Waals surface area contributed by atoms with Crippen LogP contribution in [0.3, 0.4) is 0 Å². The van der Waals surface area contributed by atoms with Gasteiger partial charge < -0.3 is 0 Å². The van der Waals surface area contributed by atoms with Crippen LogP contribution in [0.1, 0.15) is 33.1 Å². The van der Waals surface area contributed by atoms with Crippen LogP contribution >= 0.6 is 0 Å². The molecule has 1 nitrogen and oxygen atoms in total. The molecule has 0 N–H and O–H groups in total. The van der Waals surface area contributed by atoms with E-state index in [-0.39, 0.29) is 0 Å². The van der Waals surface area contributed by atoms with Crippen molar-refractivity contribution in [3.63, 3.8) is 0 Å². The number of hydrogen-bond donors (Lipinski definition) is 0. The Morgan fingerprint density at radius 1 is 1.55 bits per heavy atom. The van der Waals surface area contributed by atoms with Crippen LogP contribution in [0, 0.1) is 11.3 Å². The van der Waals surface area contributed by atoms with Crippen molar-refractivity contribution in [1.29, 1.82) is 5.26 Å². The average Bonchev–Trinajstić information content (AvgIpc) is 2.03. The first-order chi connectivity index (χ1) is 5.35. The predicted octanol–water partition coefficient (Wildman–Crippen LogP) is 3.20. The topological polar surface area (TPSA) is 23.8 Å². The molecule has 0 aromatic carbocycles. The second-order valence-corrected chi connectivity index (χ2v) is 2.38. The van der Waals surface area contributed by atoms with Gasteiger partial charge in [0.25, 0.3) is 0 Å². The quantitative estimate of drug-likeness (QED) is 0.563. The first kappa shape index (κ1) is 9.97. The highest BCUT2D eigenvalue weighted by molar-refractivity contribution is 5.18. The van der Waals surface area contributed by atoms with Crippen LogP contribution < -0.4 is 0 Å². The van der Waals surface area contributed by atoms with E-state index >= 15 is 0 Å². The molecule has 0 aliphatic carbocycles. The van der Waals surface area contributed by atoms with Gasteiger partial charge in [-0.2, -0.15) is 5.26 Å². The second kappa shape index (κ2) is 7.08. The minimum Gasteiger partial charge on any atom is -0.198 e. The zero-order chi connectivity index (χ0) is 8.53. The molecule has 0 spiro atoms. The third-order valence-corrected chi connectivity index (χ3v) is 1.45. The molecule has 0 atom stereocenters. The normalized spacial score (nSPS) is 11.9. The molecule has 60 valence electrons. The Balaban J connectivity index is 3.80. The van der Waals surface area contributed by atoms with Gasteiger partial charge in [-0.15, -0.1) is 0 Å². The van der Waals surface area contributed by atoms with Gasteiger partial charge in [-0.25, -0.2) is 0 Å². The molecule has 0 radical (unpaired) electrons. The van der Waals surface area contributed by atoms with Gasteiger partial charge >= 0.3 is 0 Å². The Kier molecular flexibility index (Phi) is 6.42. The average molecular weight is 149 g/mol. The monoisotopic (exact) mass is 149 g/mol. The first-order valence-corrected chi connectivity index (χ1v) is 4.03. The minimum absolute atomic E-state index is 0.515. The van der Waals surface area contributed by atoms with E-state index in [9.17, 15) is 0 Å². The summed E-state index contributed by atoms with van der Waals surface area (Å²) in [6.45, 7) is 4.18. The van der Waals surface area contributed by atoms with Crippen molar-refractivity contribution in [3.05, 3.63) is 23.8 Å². The van der Waals surface area contributed by atoms with Gasteiger partial charge in [0, 0.05) is 0 Å². The molecule has 0 aliphatic rings. The van der Waals surface area contributed by atoms with Gasteiger partial charge in [-0.05, 0) is 13.3 Å². The van der Waals surface area contributed by atoms with Crippen LogP contribution in [0.2, 0.25) is 0 Å². The van der Waals surface area contributed by atoms with Gasteiger partial charge in [-0.3, -0.25) is 0 Å². The third-order valence-electron chi connectivity index (χ3n) is 1.45. The highest BCUT2D eigenvalue weighted by Gasteiger charge is 1.86. The molecule has 0 aromatic heterocycles. The maximum atomic E-state index is 8.26. The van der Waals surface area contributed by atoms with E-state index in [1.165, 1.54) is 5.57 Å². The number of allylic oxidation sites excluding steroid dienone is 4. The first-order valence-electron chi connectivity index (χ1n) is 4.03. The smallest absolute Gasteiger partial charge is 0.0663 e. The third kappa shape index (κ3) is 5.42. The van der Waals surface area contributed by atoms with Crippen molar-refractivity contribution >= 4 is 0 Å². The number of hydrogen-bond acceptors (Lipinski definition) is 1. The summed E-state index contributed by atoms with van der Waals surface area (Å²) in [5.74, 6) is 0. The lowest BCUT2D eigenvalue weighted by Crippen LogP contribution is -1.75. The fraction of sp³-hybridized carbons (Fsp3) is 0.500. The molecule has 0 saturated carbocycles. The summed E-state index contributed by atoms with van der Waals surface area (Å²) in [5, 5.41) is 8.26. The van der Waals surface area contributed by atoms with E-state index in [1.54, 1.807) is 0 Å². The van der Waals surface area contributed by atoms with Crippen LogP contribution in [0.25, 0.3) is 0 Å². The fourth-order valence-corrected chi connectivity index (χ4v) is 0.876. The predicted molar refractivity (Wildman–Crippen MR) is 48.0 cm³/mol. The van der Waals surface area contributed by atoms with Crippen molar-refractivity contribution in [2.45, 2.75) is 33.1 Å². The molecule has 0 heterocycles. The molecule has 0 saturated heterocycles. The Bertz CT molecular complexity index is 182. The summed E-state index contributed by atoms with van der Waals surface area (Å²) in [4.78, 5) is 0. The minimum atomic E-state index is 0.515. The number of rotatable bonds is 4. The molecular weight excluding hydrogens is 134 g/mol. The fourth-order valence-electron chi connectivity index (χ4n) is 0.876. The Morgan fingerprint density at radius 3 is 2.73 bits per heavy atom. The van der Waals surface area contributed by atoms with E-state index in [1.807, 2.05) is 19.1 Å². The van der Waals surface area contributed by atoms with Gasteiger partial charge in [-0.1, -0.05) is 37.1 Å². The Hall–Kier alpha value is -1.03. The van der Waals surface area contributed by atoms with Crippen molar-refractivity contribution < 1.29 is 0 Å². The van der Waals surface area contributed by atoms with E-state index < -0.39 is 0 Å². The van der Waals surface area contributed by atoms with Gasteiger partial charge in [0.2, 0.25) is 0 Å². The zero-order valence-corrected chi connectivity index (χ0v) is 7.30. The molecule has 0 amide bonds. The summed E-state index contributed by atoms with van der Waals surface area (Å²) in [6.07, 6.45) is 8.82. The van der Waals surface area contributed by atoms with E-state index in [4.69, 9.17) is 5.26 Å². The molecule has 1 heteroatoms. The molecular formula is C10H15N.